The molecule has 0 aromatic rings. The van der Waals surface area contributed by atoms with Crippen molar-refractivity contribution in [2.24, 2.45) is 35.5 Å². The molecule has 3 N–H and O–H groups in total. The molecular formula is C56H86F3NO15. The van der Waals surface area contributed by atoms with Gasteiger partial charge in [-0.15, -0.1) is 0 Å². The van der Waals surface area contributed by atoms with E-state index in [0.29, 0.717) is 63.4 Å². The maximum atomic E-state index is 14.5. The summed E-state index contributed by atoms with van der Waals surface area (Å²) < 4.78 is 77.4. The van der Waals surface area contributed by atoms with Crippen LogP contribution in [-0.2, 0) is 57.1 Å². The standard InChI is InChI=1S/C56H86F3NO15/c1-34-15-11-10-12-16-35(2)46(73-26-25-71-23-24-72-33-55(57,58)59)31-42-20-18-40(7)56(68,75-42)52(65)53(66)60-22-14-13-17-43(60)54(67)74-47(37(4)29-41-19-21-44(61)48(30-41)69-8)32-45(62)36(3)28-39(6)50(64)51(70-9)49(63)38(5)27-34/h10-12,15-16,28,34,36-38,40-44,46-48,50-51,61,64,68H,13-14,17-27,29-33H2,1-9H3/b12-10+,15-11-,35-16+,39-28+/t34-,36-,37-,38-,40-,41+,42+,43+,44-,46+,47+,48-,50-,51+,56-/m1/s1. The van der Waals surface area contributed by atoms with Gasteiger partial charge in [0.05, 0.1) is 50.8 Å². The van der Waals surface area contributed by atoms with Gasteiger partial charge in [-0.05, 0) is 107 Å². The normalized spacial score (nSPS) is 36.9. The number of Topliss-reactive ketones (excluding diaryl/α,β-unsaturated/α-hetero) is 3. The Labute approximate surface area is 441 Å². The predicted octanol–water partition coefficient (Wildman–Crippen LogP) is 7.15. The van der Waals surface area contributed by atoms with Crippen molar-refractivity contribution in [3.63, 3.8) is 0 Å². The van der Waals surface area contributed by atoms with Crippen LogP contribution in [0.4, 0.5) is 13.2 Å². The molecule has 15 atom stereocenters. The number of hydrogen-bond donors (Lipinski definition) is 3. The largest absolute Gasteiger partial charge is 0.460 e. The summed E-state index contributed by atoms with van der Waals surface area (Å²) in [5, 5.41) is 34.1. The van der Waals surface area contributed by atoms with Crippen LogP contribution in [0.5, 0.6) is 0 Å². The second-order valence-corrected chi connectivity index (χ2v) is 21.5. The number of aliphatic hydroxyl groups excluding tert-OH is 2. The maximum Gasteiger partial charge on any atom is 0.411 e. The van der Waals surface area contributed by atoms with Crippen molar-refractivity contribution in [3.05, 3.63) is 47.6 Å². The fourth-order valence-corrected chi connectivity index (χ4v) is 10.7. The number of nitrogens with zero attached hydrogens (tertiary/aromatic N) is 1. The van der Waals surface area contributed by atoms with Gasteiger partial charge in [-0.25, -0.2) is 4.79 Å². The molecule has 3 fully saturated rings. The SMILES string of the molecule is CO[C@@H]1C[C@H](C[C@@H](C)[C@@H]2CC(=O)[C@H](C)/C=C(\C)[C@@H](O)[C@@H](OC)C(=O)[C@H](C)C[C@H](C)\C=C/C=C/C=C(\C)[C@@H](OCCOCCOCC(F)(F)F)C[C@@H]3CC[C@@H](C)[C@@](O)(O3)C(=O)C(=O)N3CCCC[C@H]3C(=O)O2)CC[C@H]1O. The van der Waals surface area contributed by atoms with E-state index in [9.17, 15) is 52.5 Å². The topological polar surface area (TPSA) is 214 Å². The number of methoxy groups -OCH3 is 2. The Kier molecular flexibility index (Phi) is 26.0. The van der Waals surface area contributed by atoms with E-state index in [2.05, 4.69) is 4.74 Å². The number of allylic oxidation sites excluding steroid dienone is 6. The Balaban J connectivity index is 1.68. The third-order valence-corrected chi connectivity index (χ3v) is 15.4. The fourth-order valence-electron chi connectivity index (χ4n) is 10.7. The Morgan fingerprint density at radius 3 is 2.24 bits per heavy atom. The number of cyclic esters (lactones) is 1. The number of fused-ring (bicyclic) bond motifs is 3. The van der Waals surface area contributed by atoms with E-state index in [0.717, 1.165) is 10.5 Å². The Morgan fingerprint density at radius 1 is 0.840 bits per heavy atom. The highest BCUT2D eigenvalue weighted by molar-refractivity contribution is 6.39. The molecule has 1 saturated carbocycles. The minimum Gasteiger partial charge on any atom is -0.460 e. The lowest BCUT2D eigenvalue weighted by Gasteiger charge is -2.43. The van der Waals surface area contributed by atoms with Crippen LogP contribution in [-0.4, -0.2) is 164 Å². The first-order chi connectivity index (χ1) is 35.4. The molecule has 3 aliphatic heterocycles. The van der Waals surface area contributed by atoms with Crippen LogP contribution in [0, 0.1) is 35.5 Å². The predicted molar refractivity (Wildman–Crippen MR) is 272 cm³/mol. The molecule has 19 heteroatoms. The van der Waals surface area contributed by atoms with Gasteiger partial charge in [0.1, 0.15) is 36.7 Å². The van der Waals surface area contributed by atoms with Gasteiger partial charge < -0.3 is 53.4 Å². The smallest absolute Gasteiger partial charge is 0.411 e. The van der Waals surface area contributed by atoms with Gasteiger partial charge in [0.15, 0.2) is 5.78 Å². The summed E-state index contributed by atoms with van der Waals surface area (Å²) in [6.07, 6.45) is 4.79. The molecule has 0 radical (unpaired) electrons. The fraction of sp³-hybridized carbons (Fsp3) is 0.768. The molecule has 3 heterocycles. The van der Waals surface area contributed by atoms with Crippen LogP contribution in [0.1, 0.15) is 126 Å². The third-order valence-electron chi connectivity index (χ3n) is 15.4. The van der Waals surface area contributed by atoms with E-state index in [4.69, 9.17) is 28.4 Å². The van der Waals surface area contributed by atoms with Crippen LogP contribution in [0.3, 0.4) is 0 Å². The molecule has 4 rings (SSSR count). The highest BCUT2D eigenvalue weighted by Crippen LogP contribution is 2.38. The van der Waals surface area contributed by atoms with Crippen molar-refractivity contribution in [3.8, 4) is 0 Å². The summed E-state index contributed by atoms with van der Waals surface area (Å²) >= 11 is 0. The average molecular weight is 1070 g/mol. The van der Waals surface area contributed by atoms with E-state index in [1.165, 1.54) is 7.11 Å². The summed E-state index contributed by atoms with van der Waals surface area (Å²) in [5.74, 6) is -8.80. The van der Waals surface area contributed by atoms with Crippen LogP contribution in [0.25, 0.3) is 0 Å². The molecule has 16 nitrogen and oxygen atoms in total. The van der Waals surface area contributed by atoms with E-state index in [-0.39, 0.29) is 87.7 Å². The zero-order valence-corrected chi connectivity index (χ0v) is 45.6. The van der Waals surface area contributed by atoms with Gasteiger partial charge in [-0.3, -0.25) is 19.2 Å². The van der Waals surface area contributed by atoms with Gasteiger partial charge in [0.25, 0.3) is 11.7 Å². The number of piperidine rings is 1. The van der Waals surface area contributed by atoms with Crippen LogP contribution >= 0.6 is 0 Å². The number of ketones is 3. The maximum absolute atomic E-state index is 14.5. The van der Waals surface area contributed by atoms with Crippen LogP contribution in [0.2, 0.25) is 0 Å². The molecule has 4 aliphatic rings. The number of ether oxygens (including phenoxy) is 7. The second kappa shape index (κ2) is 30.5. The first kappa shape index (κ1) is 63.9. The molecule has 2 bridgehead atoms. The zero-order valence-electron chi connectivity index (χ0n) is 45.6. The average Bonchev–Trinajstić information content (AvgIpc) is 3.36. The molecule has 1 aliphatic carbocycles. The Morgan fingerprint density at radius 2 is 1.55 bits per heavy atom. The Bertz CT molecular complexity index is 1990. The summed E-state index contributed by atoms with van der Waals surface area (Å²) in [5.41, 5.74) is 1.07. The minimum absolute atomic E-state index is 0.0191. The number of alkyl halides is 3. The second-order valence-electron chi connectivity index (χ2n) is 21.5. The number of hydrogen-bond acceptors (Lipinski definition) is 15. The number of rotatable bonds is 13. The minimum atomic E-state index is -4.46. The van der Waals surface area contributed by atoms with Crippen LogP contribution in [0.15, 0.2) is 47.6 Å². The number of halogens is 3. The van der Waals surface area contributed by atoms with E-state index >= 15 is 0 Å². The van der Waals surface area contributed by atoms with Gasteiger partial charge in [-0.1, -0.05) is 71.1 Å². The Hall–Kier alpha value is -3.66. The summed E-state index contributed by atoms with van der Waals surface area (Å²) in [6.45, 7) is 10.6. The number of carbonyl (C=O) groups excluding carboxylic acids is 5. The van der Waals surface area contributed by atoms with Crippen molar-refractivity contribution in [1.82, 2.24) is 4.90 Å². The summed E-state index contributed by atoms with van der Waals surface area (Å²) in [6, 6.07) is -1.22. The zero-order chi connectivity index (χ0) is 55.6. The lowest BCUT2D eigenvalue weighted by Crippen LogP contribution is -2.61. The first-order valence-electron chi connectivity index (χ1n) is 26.9. The molecule has 0 unspecified atom stereocenters. The van der Waals surface area contributed by atoms with E-state index < -0.39 is 96.6 Å². The molecule has 2 saturated heterocycles. The lowest BCUT2D eigenvalue weighted by atomic mass is 9.78. The van der Waals surface area contributed by atoms with E-state index in [1.807, 2.05) is 39.0 Å². The van der Waals surface area contributed by atoms with Crippen molar-refractivity contribution in [2.45, 2.75) is 186 Å². The monoisotopic (exact) mass is 1070 g/mol. The summed E-state index contributed by atoms with van der Waals surface area (Å²) in [7, 11) is 2.89. The molecule has 0 aromatic carbocycles. The first-order valence-corrected chi connectivity index (χ1v) is 26.9. The number of amides is 1. The molecule has 0 aromatic heterocycles. The van der Waals surface area contributed by atoms with Gasteiger partial charge in [0.2, 0.25) is 5.79 Å². The van der Waals surface area contributed by atoms with Gasteiger partial charge in [-0.2, -0.15) is 13.2 Å². The van der Waals surface area contributed by atoms with Crippen molar-refractivity contribution in [1.29, 1.82) is 0 Å². The number of aliphatic hydroxyl groups is 3. The van der Waals surface area contributed by atoms with E-state index in [1.54, 1.807) is 53.0 Å². The molecular weight excluding hydrogens is 984 g/mol. The third kappa shape index (κ3) is 19.3. The lowest BCUT2D eigenvalue weighted by molar-refractivity contribution is -0.266. The number of carbonyl (C=O) groups is 5. The quantitative estimate of drug-likeness (QED) is 0.0723. The van der Waals surface area contributed by atoms with Crippen molar-refractivity contribution < 1.29 is 85.6 Å². The van der Waals surface area contributed by atoms with Gasteiger partial charge in [0, 0.05) is 51.4 Å². The van der Waals surface area contributed by atoms with Crippen molar-refractivity contribution in [2.75, 3.05) is 53.8 Å². The molecule has 1 amide bonds. The van der Waals surface area contributed by atoms with Gasteiger partial charge >= 0.3 is 12.1 Å². The highest BCUT2D eigenvalue weighted by atomic mass is 19.4. The number of esters is 1. The van der Waals surface area contributed by atoms with Crippen LogP contribution < -0.4 is 0 Å². The van der Waals surface area contributed by atoms with Crippen molar-refractivity contribution >= 4 is 29.2 Å². The summed E-state index contributed by atoms with van der Waals surface area (Å²) in [4.78, 5) is 72.4. The molecule has 75 heavy (non-hydrogen) atoms. The highest BCUT2D eigenvalue weighted by Gasteiger charge is 2.53. The molecule has 0 spiro atoms. The molecule has 426 valence electrons.